The van der Waals surface area contributed by atoms with Gasteiger partial charge in [0.25, 0.3) is 0 Å². The Kier molecular flexibility index (Phi) is 7.83. The smallest absolute Gasteiger partial charge is 0.335 e. The highest BCUT2D eigenvalue weighted by molar-refractivity contribution is 7.99. The summed E-state index contributed by atoms with van der Waals surface area (Å²) in [5, 5.41) is 13.1. The van der Waals surface area contributed by atoms with Gasteiger partial charge in [0.05, 0.1) is 12.1 Å². The molecular formula is C38H54N2O3S. The Labute approximate surface area is 269 Å². The van der Waals surface area contributed by atoms with Crippen molar-refractivity contribution in [3.8, 4) is 0 Å². The van der Waals surface area contributed by atoms with Crippen LogP contribution in [-0.4, -0.2) is 58.6 Å². The highest BCUT2D eigenvalue weighted by Gasteiger charge is 2.65. The molecule has 0 spiro atoms. The fraction of sp³-hybridized carbons (Fsp3) is 0.737. The largest absolute Gasteiger partial charge is 0.478 e. The minimum atomic E-state index is -0.861. The Hall–Kier alpha value is -1.79. The van der Waals surface area contributed by atoms with Gasteiger partial charge in [0.1, 0.15) is 0 Å². The Morgan fingerprint density at radius 3 is 2.36 bits per heavy atom. The zero-order valence-corrected chi connectivity index (χ0v) is 28.3. The van der Waals surface area contributed by atoms with Crippen LogP contribution in [0, 0.1) is 45.8 Å². The lowest BCUT2D eigenvalue weighted by Crippen LogP contribution is -2.64. The SMILES string of the molecule is CC1(C)C(c2ccc(C(=O)O)cc2)=CC[C@@]2(C)C1CC[C@@]1(C)C3CC[C@@]4(NC(=O)CN5CCSCC5)CCCC4[C@H]3CCC12. The van der Waals surface area contributed by atoms with Gasteiger partial charge in [0.2, 0.25) is 5.91 Å². The molecule has 44 heavy (non-hydrogen) atoms. The molecule has 6 aliphatic rings. The van der Waals surface area contributed by atoms with Crippen molar-refractivity contribution in [2.24, 2.45) is 45.8 Å². The summed E-state index contributed by atoms with van der Waals surface area (Å²) >= 11 is 2.01. The summed E-state index contributed by atoms with van der Waals surface area (Å²) < 4.78 is 0. The van der Waals surface area contributed by atoms with E-state index in [1.807, 2.05) is 23.9 Å². The Bertz CT molecular complexity index is 1320. The first kappa shape index (κ1) is 30.8. The number of aromatic carboxylic acids is 1. The van der Waals surface area contributed by atoms with Crippen molar-refractivity contribution in [3.63, 3.8) is 0 Å². The minimum Gasteiger partial charge on any atom is -0.478 e. The fourth-order valence-corrected chi connectivity index (χ4v) is 13.6. The van der Waals surface area contributed by atoms with Crippen LogP contribution in [0.1, 0.15) is 108 Å². The minimum absolute atomic E-state index is 0.0355. The van der Waals surface area contributed by atoms with Gasteiger partial charge in [-0.25, -0.2) is 4.79 Å². The number of carboxylic acids is 1. The molecule has 4 unspecified atom stereocenters. The number of amides is 1. The summed E-state index contributed by atoms with van der Waals surface area (Å²) in [6, 6.07) is 7.59. The van der Waals surface area contributed by atoms with E-state index in [2.05, 4.69) is 44.0 Å². The molecule has 1 heterocycles. The van der Waals surface area contributed by atoms with Crippen molar-refractivity contribution in [2.45, 2.75) is 97.4 Å². The molecule has 4 saturated carbocycles. The summed E-state index contributed by atoms with van der Waals surface area (Å²) in [6.07, 6.45) is 15.1. The van der Waals surface area contributed by atoms with Crippen molar-refractivity contribution >= 4 is 29.2 Å². The molecule has 7 rings (SSSR count). The summed E-state index contributed by atoms with van der Waals surface area (Å²) in [4.78, 5) is 27.2. The molecule has 1 aliphatic heterocycles. The van der Waals surface area contributed by atoms with Crippen LogP contribution in [0.25, 0.3) is 5.57 Å². The Morgan fingerprint density at radius 2 is 1.64 bits per heavy atom. The zero-order chi connectivity index (χ0) is 30.9. The van der Waals surface area contributed by atoms with Crippen LogP contribution in [0.15, 0.2) is 30.3 Å². The van der Waals surface area contributed by atoms with Gasteiger partial charge in [-0.05, 0) is 127 Å². The second-order valence-corrected chi connectivity index (χ2v) is 17.8. The van der Waals surface area contributed by atoms with Crippen molar-refractivity contribution in [2.75, 3.05) is 31.1 Å². The monoisotopic (exact) mass is 618 g/mol. The lowest BCUT2D eigenvalue weighted by Gasteiger charge is -2.68. The number of fused-ring (bicyclic) bond motifs is 7. The van der Waals surface area contributed by atoms with E-state index in [0.717, 1.165) is 48.8 Å². The van der Waals surface area contributed by atoms with Crippen molar-refractivity contribution < 1.29 is 14.7 Å². The van der Waals surface area contributed by atoms with E-state index in [1.165, 1.54) is 68.9 Å². The first-order valence-corrected chi connectivity index (χ1v) is 18.8. The third kappa shape index (κ3) is 4.82. The predicted octanol–water partition coefficient (Wildman–Crippen LogP) is 7.76. The number of carboxylic acid groups (broad SMARTS) is 1. The van der Waals surface area contributed by atoms with E-state index >= 15 is 0 Å². The molecular weight excluding hydrogens is 564 g/mol. The lowest BCUT2D eigenvalue weighted by molar-refractivity contribution is -0.173. The Balaban J connectivity index is 1.11. The molecule has 5 fully saturated rings. The van der Waals surface area contributed by atoms with E-state index in [0.29, 0.717) is 29.4 Å². The molecule has 1 saturated heterocycles. The molecule has 1 aromatic carbocycles. The third-order valence-electron chi connectivity index (χ3n) is 14.4. The molecule has 0 radical (unpaired) electrons. The number of nitrogens with zero attached hydrogens (tertiary/aromatic N) is 1. The number of hydrogen-bond acceptors (Lipinski definition) is 4. The second kappa shape index (κ2) is 11.2. The molecule has 2 N–H and O–H groups in total. The van der Waals surface area contributed by atoms with Gasteiger partial charge >= 0.3 is 5.97 Å². The van der Waals surface area contributed by atoms with Crippen LogP contribution in [0.2, 0.25) is 0 Å². The average Bonchev–Trinajstić information content (AvgIpc) is 3.41. The maximum atomic E-state index is 13.4. The first-order chi connectivity index (χ1) is 21.0. The van der Waals surface area contributed by atoms with Gasteiger partial charge in [0.15, 0.2) is 0 Å². The van der Waals surface area contributed by atoms with E-state index < -0.39 is 5.97 Å². The third-order valence-corrected chi connectivity index (χ3v) is 15.3. The number of thioether (sulfide) groups is 1. The highest BCUT2D eigenvalue weighted by atomic mass is 32.2. The van der Waals surface area contributed by atoms with E-state index in [1.54, 1.807) is 12.1 Å². The summed E-state index contributed by atoms with van der Waals surface area (Å²) in [5.41, 5.74) is 3.66. The fourth-order valence-electron chi connectivity index (χ4n) is 12.6. The number of carbonyl (C=O) groups is 2. The number of carbonyl (C=O) groups excluding carboxylic acids is 1. The summed E-state index contributed by atoms with van der Waals surface area (Å²) in [5.74, 6) is 5.22. The van der Waals surface area contributed by atoms with Crippen LogP contribution in [0.4, 0.5) is 0 Å². The molecule has 1 amide bonds. The van der Waals surface area contributed by atoms with E-state index in [-0.39, 0.29) is 22.3 Å². The van der Waals surface area contributed by atoms with Gasteiger partial charge < -0.3 is 10.4 Å². The van der Waals surface area contributed by atoms with Crippen molar-refractivity contribution in [3.05, 3.63) is 41.5 Å². The van der Waals surface area contributed by atoms with Crippen LogP contribution < -0.4 is 5.32 Å². The molecule has 0 bridgehead atoms. The van der Waals surface area contributed by atoms with Crippen LogP contribution in [0.5, 0.6) is 0 Å². The maximum absolute atomic E-state index is 13.4. The maximum Gasteiger partial charge on any atom is 0.335 e. The highest BCUT2D eigenvalue weighted by Crippen LogP contribution is 2.72. The quantitative estimate of drug-likeness (QED) is 0.353. The summed E-state index contributed by atoms with van der Waals surface area (Å²) in [7, 11) is 0. The average molecular weight is 619 g/mol. The van der Waals surface area contributed by atoms with E-state index in [4.69, 9.17) is 0 Å². The molecule has 5 nitrogen and oxygen atoms in total. The number of nitrogens with one attached hydrogen (secondary N) is 1. The second-order valence-electron chi connectivity index (χ2n) is 16.6. The molecule has 8 atom stereocenters. The lowest BCUT2D eigenvalue weighted by atomic mass is 9.37. The van der Waals surface area contributed by atoms with Gasteiger partial charge in [-0.1, -0.05) is 52.3 Å². The van der Waals surface area contributed by atoms with Crippen molar-refractivity contribution in [1.82, 2.24) is 10.2 Å². The molecule has 6 heteroatoms. The molecule has 0 aromatic heterocycles. The van der Waals surface area contributed by atoms with Gasteiger partial charge in [-0.3, -0.25) is 9.69 Å². The predicted molar refractivity (Wildman–Crippen MR) is 180 cm³/mol. The van der Waals surface area contributed by atoms with Crippen LogP contribution in [-0.2, 0) is 4.79 Å². The first-order valence-electron chi connectivity index (χ1n) is 17.6. The van der Waals surface area contributed by atoms with Gasteiger partial charge in [0, 0.05) is 30.1 Å². The van der Waals surface area contributed by atoms with Crippen molar-refractivity contribution in [1.29, 1.82) is 0 Å². The van der Waals surface area contributed by atoms with Gasteiger partial charge in [-0.15, -0.1) is 0 Å². The number of hydrogen-bond donors (Lipinski definition) is 2. The topological polar surface area (TPSA) is 69.6 Å². The summed E-state index contributed by atoms with van der Waals surface area (Å²) in [6.45, 7) is 12.9. The number of allylic oxidation sites excluding steroid dienone is 2. The zero-order valence-electron chi connectivity index (χ0n) is 27.5. The van der Waals surface area contributed by atoms with Gasteiger partial charge in [-0.2, -0.15) is 11.8 Å². The normalized spacial score (nSPS) is 41.4. The van der Waals surface area contributed by atoms with Crippen LogP contribution in [0.3, 0.4) is 0 Å². The number of rotatable bonds is 5. The van der Waals surface area contributed by atoms with Crippen LogP contribution >= 0.6 is 11.8 Å². The number of benzene rings is 1. The Morgan fingerprint density at radius 1 is 0.886 bits per heavy atom. The molecule has 240 valence electrons. The molecule has 1 aromatic rings. The standard InChI is InChI=1S/C38H54N2O3S/c1-35(2)28(25-7-9-26(10-8-25)34(42)43)13-17-37(4)31(35)15-18-36(3)29-14-19-38(39-33(41)24-40-20-22-44-23-21-40)16-5-6-30(38)27(29)11-12-32(36)37/h7-10,13,27,29-32H,5-6,11-12,14-24H2,1-4H3,(H,39,41)(H,42,43)/t27-,29?,30?,31?,32?,36-,37-,38-/m0/s1. The van der Waals surface area contributed by atoms with E-state index in [9.17, 15) is 14.7 Å². The molecule has 5 aliphatic carbocycles.